The minimum Gasteiger partial charge on any atom is -0.448 e. The fraction of sp³-hybridized carbons (Fsp3) is 0.611. The summed E-state index contributed by atoms with van der Waals surface area (Å²) in [5, 5.41) is 1.10. The molecule has 26 heavy (non-hydrogen) atoms. The van der Waals surface area contributed by atoms with Gasteiger partial charge in [0.25, 0.3) is 0 Å². The lowest BCUT2D eigenvalue weighted by atomic mass is 10.2. The molecule has 0 saturated carbocycles. The molecule has 1 aromatic rings. The van der Waals surface area contributed by atoms with Crippen LogP contribution >= 0.6 is 23.2 Å². The molecule has 0 radical (unpaired) electrons. The molecule has 2 aliphatic heterocycles. The lowest BCUT2D eigenvalue weighted by Crippen LogP contribution is -2.49. The van der Waals surface area contributed by atoms with Gasteiger partial charge >= 0.3 is 6.09 Å². The van der Waals surface area contributed by atoms with Crippen LogP contribution in [0.2, 0.25) is 10.0 Å². The van der Waals surface area contributed by atoms with E-state index in [1.807, 2.05) is 12.1 Å². The molecule has 2 fully saturated rings. The van der Waals surface area contributed by atoms with Gasteiger partial charge in [0.05, 0.1) is 10.0 Å². The molecular formula is C18H26Cl2N4O2. The van der Waals surface area contributed by atoms with Crippen LogP contribution in [0, 0.1) is 0 Å². The van der Waals surface area contributed by atoms with E-state index in [2.05, 4.69) is 21.7 Å². The molecule has 0 aliphatic carbocycles. The van der Waals surface area contributed by atoms with Gasteiger partial charge in [-0.3, -0.25) is 4.90 Å². The highest BCUT2D eigenvalue weighted by molar-refractivity contribution is 6.42. The number of likely N-dealkylation sites (N-methyl/N-ethyl adjacent to an activating group) is 1. The molecule has 0 aromatic heterocycles. The molecule has 3 rings (SSSR count). The molecule has 2 saturated heterocycles. The van der Waals surface area contributed by atoms with Gasteiger partial charge in [0, 0.05) is 64.6 Å². The Bertz CT molecular complexity index is 615. The molecule has 1 amide bonds. The highest BCUT2D eigenvalue weighted by Crippen LogP contribution is 2.27. The average Bonchev–Trinajstić information content (AvgIpc) is 2.65. The SMILES string of the molecule is CN1CCN(CCOC(=O)N2CCN(c3ccc(Cl)c(Cl)c3)CC2)CC1. The van der Waals surface area contributed by atoms with Crippen LogP contribution in [0.4, 0.5) is 10.5 Å². The standard InChI is InChI=1S/C18H26Cl2N4O2/c1-21-4-6-22(7-5-21)12-13-26-18(25)24-10-8-23(9-11-24)15-2-3-16(19)17(20)14-15/h2-3,14H,4-13H2,1H3. The molecule has 0 bridgehead atoms. The molecule has 0 atom stereocenters. The maximum atomic E-state index is 12.3. The van der Waals surface area contributed by atoms with Crippen LogP contribution in [0.25, 0.3) is 0 Å². The van der Waals surface area contributed by atoms with Gasteiger partial charge in [0.2, 0.25) is 0 Å². The van der Waals surface area contributed by atoms with Gasteiger partial charge in [-0.05, 0) is 25.2 Å². The summed E-state index contributed by atoms with van der Waals surface area (Å²) in [6.07, 6.45) is -0.215. The smallest absolute Gasteiger partial charge is 0.409 e. The van der Waals surface area contributed by atoms with Crippen molar-refractivity contribution in [2.45, 2.75) is 0 Å². The number of rotatable bonds is 4. The maximum Gasteiger partial charge on any atom is 0.409 e. The summed E-state index contributed by atoms with van der Waals surface area (Å²) in [5.74, 6) is 0. The lowest BCUT2D eigenvalue weighted by Gasteiger charge is -2.36. The Kier molecular flexibility index (Phi) is 6.86. The summed E-state index contributed by atoms with van der Waals surface area (Å²) in [6, 6.07) is 5.63. The molecule has 1 aromatic carbocycles. The second kappa shape index (κ2) is 9.13. The number of carbonyl (C=O) groups is 1. The summed E-state index contributed by atoms with van der Waals surface area (Å²) in [7, 11) is 2.13. The van der Waals surface area contributed by atoms with E-state index in [-0.39, 0.29) is 6.09 Å². The predicted molar refractivity (Wildman–Crippen MR) is 106 cm³/mol. The van der Waals surface area contributed by atoms with Gasteiger partial charge in [-0.15, -0.1) is 0 Å². The number of benzene rings is 1. The molecule has 2 aliphatic rings. The first-order valence-corrected chi connectivity index (χ1v) is 9.81. The van der Waals surface area contributed by atoms with Crippen LogP contribution in [-0.2, 0) is 4.74 Å². The van der Waals surface area contributed by atoms with Gasteiger partial charge in [-0.1, -0.05) is 23.2 Å². The van der Waals surface area contributed by atoms with Gasteiger partial charge in [-0.2, -0.15) is 0 Å². The van der Waals surface area contributed by atoms with Crippen molar-refractivity contribution in [3.05, 3.63) is 28.2 Å². The number of hydrogen-bond donors (Lipinski definition) is 0. The van der Waals surface area contributed by atoms with Crippen molar-refractivity contribution in [2.24, 2.45) is 0 Å². The summed E-state index contributed by atoms with van der Waals surface area (Å²) in [4.78, 5) is 20.9. The third-order valence-electron chi connectivity index (χ3n) is 5.04. The Balaban J connectivity index is 1.38. The van der Waals surface area contributed by atoms with E-state index in [1.54, 1.807) is 11.0 Å². The van der Waals surface area contributed by atoms with Crippen molar-refractivity contribution in [1.29, 1.82) is 0 Å². The normalized spacial score (nSPS) is 19.7. The number of amides is 1. The van der Waals surface area contributed by atoms with E-state index in [0.29, 0.717) is 29.7 Å². The maximum absolute atomic E-state index is 12.3. The zero-order valence-corrected chi connectivity index (χ0v) is 16.7. The Morgan fingerprint density at radius 1 is 1.00 bits per heavy atom. The fourth-order valence-corrected chi connectivity index (χ4v) is 3.55. The second-order valence-electron chi connectivity index (χ2n) is 6.83. The van der Waals surface area contributed by atoms with Crippen LogP contribution in [0.1, 0.15) is 0 Å². The fourth-order valence-electron chi connectivity index (χ4n) is 3.25. The summed E-state index contributed by atoms with van der Waals surface area (Å²) < 4.78 is 5.46. The molecule has 0 unspecified atom stereocenters. The van der Waals surface area contributed by atoms with Crippen molar-refractivity contribution >= 4 is 35.0 Å². The molecule has 144 valence electrons. The Morgan fingerprint density at radius 3 is 2.35 bits per heavy atom. The highest BCUT2D eigenvalue weighted by atomic mass is 35.5. The lowest BCUT2D eigenvalue weighted by molar-refractivity contribution is 0.0779. The quantitative estimate of drug-likeness (QED) is 0.776. The second-order valence-corrected chi connectivity index (χ2v) is 7.65. The predicted octanol–water partition coefficient (Wildman–Crippen LogP) is 2.50. The van der Waals surface area contributed by atoms with E-state index in [4.69, 9.17) is 27.9 Å². The summed E-state index contributed by atoms with van der Waals surface area (Å²) in [6.45, 7) is 8.29. The van der Waals surface area contributed by atoms with Crippen molar-refractivity contribution in [3.63, 3.8) is 0 Å². The molecule has 0 spiro atoms. The van der Waals surface area contributed by atoms with Crippen LogP contribution < -0.4 is 4.90 Å². The van der Waals surface area contributed by atoms with Gasteiger partial charge in [0.1, 0.15) is 6.61 Å². The van der Waals surface area contributed by atoms with E-state index >= 15 is 0 Å². The van der Waals surface area contributed by atoms with Gasteiger partial charge in [-0.25, -0.2) is 4.79 Å². The number of ether oxygens (including phenoxy) is 1. The van der Waals surface area contributed by atoms with Crippen LogP contribution in [-0.4, -0.2) is 93.4 Å². The molecule has 0 N–H and O–H groups in total. The highest BCUT2D eigenvalue weighted by Gasteiger charge is 2.23. The Morgan fingerprint density at radius 2 is 1.69 bits per heavy atom. The Hall–Kier alpha value is -1.21. The number of anilines is 1. The first-order chi connectivity index (χ1) is 12.5. The van der Waals surface area contributed by atoms with Crippen LogP contribution in [0.15, 0.2) is 18.2 Å². The topological polar surface area (TPSA) is 39.3 Å². The minimum absolute atomic E-state index is 0.215. The van der Waals surface area contributed by atoms with Crippen molar-refractivity contribution in [1.82, 2.24) is 14.7 Å². The Labute approximate surface area is 165 Å². The van der Waals surface area contributed by atoms with E-state index in [0.717, 1.165) is 51.5 Å². The number of carbonyl (C=O) groups excluding carboxylic acids is 1. The summed E-state index contributed by atoms with van der Waals surface area (Å²) >= 11 is 12.1. The minimum atomic E-state index is -0.215. The number of nitrogens with zero attached hydrogens (tertiary/aromatic N) is 4. The third-order valence-corrected chi connectivity index (χ3v) is 5.77. The monoisotopic (exact) mass is 400 g/mol. The van der Waals surface area contributed by atoms with Crippen LogP contribution in [0.3, 0.4) is 0 Å². The molecule has 6 nitrogen and oxygen atoms in total. The average molecular weight is 401 g/mol. The van der Waals surface area contributed by atoms with Gasteiger partial charge in [0.15, 0.2) is 0 Å². The van der Waals surface area contributed by atoms with E-state index < -0.39 is 0 Å². The zero-order chi connectivity index (χ0) is 18.5. The third kappa shape index (κ3) is 5.16. The summed E-state index contributed by atoms with van der Waals surface area (Å²) in [5.41, 5.74) is 1.03. The van der Waals surface area contributed by atoms with E-state index in [9.17, 15) is 4.79 Å². The van der Waals surface area contributed by atoms with Gasteiger partial charge < -0.3 is 19.4 Å². The van der Waals surface area contributed by atoms with Crippen molar-refractivity contribution in [2.75, 3.05) is 77.5 Å². The largest absolute Gasteiger partial charge is 0.448 e. The molecule has 8 heteroatoms. The molecular weight excluding hydrogens is 375 g/mol. The number of piperazine rings is 2. The first-order valence-electron chi connectivity index (χ1n) is 9.05. The van der Waals surface area contributed by atoms with Crippen molar-refractivity contribution in [3.8, 4) is 0 Å². The van der Waals surface area contributed by atoms with Crippen LogP contribution in [0.5, 0.6) is 0 Å². The zero-order valence-electron chi connectivity index (χ0n) is 15.2. The van der Waals surface area contributed by atoms with E-state index in [1.165, 1.54) is 0 Å². The number of hydrogen-bond acceptors (Lipinski definition) is 5. The first kappa shape index (κ1) is 19.5. The van der Waals surface area contributed by atoms with Crippen molar-refractivity contribution < 1.29 is 9.53 Å². The number of halogens is 2. The molecule has 2 heterocycles.